The maximum absolute atomic E-state index is 5.90. The number of thioether (sulfide) groups is 1. The summed E-state index contributed by atoms with van der Waals surface area (Å²) in [5.41, 5.74) is 6.15. The van der Waals surface area contributed by atoms with Gasteiger partial charge in [0.15, 0.2) is 0 Å². The molecule has 0 spiro atoms. The first kappa shape index (κ1) is 10.8. The Balaban J connectivity index is 1.80. The van der Waals surface area contributed by atoms with Gasteiger partial charge < -0.3 is 11.1 Å². The molecule has 82 valence electrons. The minimum Gasteiger partial charge on any atom is -0.329 e. The van der Waals surface area contributed by atoms with Crippen LogP contribution in [0.5, 0.6) is 0 Å². The van der Waals surface area contributed by atoms with Gasteiger partial charge in [0.2, 0.25) is 0 Å². The summed E-state index contributed by atoms with van der Waals surface area (Å²) in [5, 5.41) is 4.50. The normalized spacial score (nSPS) is 46.9. The van der Waals surface area contributed by atoms with Crippen molar-refractivity contribution in [2.45, 2.75) is 37.5 Å². The van der Waals surface area contributed by atoms with Gasteiger partial charge in [0, 0.05) is 23.1 Å². The fourth-order valence-corrected chi connectivity index (χ4v) is 3.72. The summed E-state index contributed by atoms with van der Waals surface area (Å²) < 4.78 is 0. The van der Waals surface area contributed by atoms with Crippen LogP contribution in [0, 0.1) is 11.8 Å². The fourth-order valence-electron chi connectivity index (χ4n) is 2.34. The van der Waals surface area contributed by atoms with Gasteiger partial charge in [-0.25, -0.2) is 0 Å². The van der Waals surface area contributed by atoms with Crippen molar-refractivity contribution in [3.8, 4) is 0 Å². The van der Waals surface area contributed by atoms with E-state index in [0.717, 1.165) is 23.6 Å². The second kappa shape index (κ2) is 4.03. The molecule has 3 heteroatoms. The predicted octanol–water partition coefficient (Wildman–Crippen LogP) is 1.45. The summed E-state index contributed by atoms with van der Waals surface area (Å²) >= 11 is 2.06. The average Bonchev–Trinajstić information content (AvgIpc) is 2.74. The van der Waals surface area contributed by atoms with Gasteiger partial charge in [0.05, 0.1) is 0 Å². The first-order chi connectivity index (χ1) is 6.65. The van der Waals surface area contributed by atoms with E-state index in [9.17, 15) is 0 Å². The van der Waals surface area contributed by atoms with E-state index in [2.05, 4.69) is 30.9 Å². The summed E-state index contributed by atoms with van der Waals surface area (Å²) in [6.07, 6.45) is 2.66. The Morgan fingerprint density at radius 1 is 1.50 bits per heavy atom. The molecule has 4 unspecified atom stereocenters. The Hall–Kier alpha value is 0.270. The fraction of sp³-hybridized carbons (Fsp3) is 1.00. The van der Waals surface area contributed by atoms with Crippen LogP contribution in [0.2, 0.25) is 0 Å². The molecule has 14 heavy (non-hydrogen) atoms. The third kappa shape index (κ3) is 2.26. The van der Waals surface area contributed by atoms with E-state index in [1.165, 1.54) is 25.1 Å². The molecular formula is C11H22N2S. The molecule has 0 radical (unpaired) electrons. The Morgan fingerprint density at radius 3 is 2.64 bits per heavy atom. The molecule has 2 nitrogen and oxygen atoms in total. The number of hydrogen-bond donors (Lipinski definition) is 2. The molecule has 2 rings (SSSR count). The van der Waals surface area contributed by atoms with E-state index in [0.29, 0.717) is 0 Å². The first-order valence-electron chi connectivity index (χ1n) is 5.72. The second-order valence-corrected chi connectivity index (χ2v) is 6.59. The minimum absolute atomic E-state index is 0.256. The van der Waals surface area contributed by atoms with Crippen molar-refractivity contribution in [1.29, 1.82) is 0 Å². The summed E-state index contributed by atoms with van der Waals surface area (Å²) in [6, 6.07) is 0. The van der Waals surface area contributed by atoms with Crippen LogP contribution in [0.15, 0.2) is 0 Å². The lowest BCUT2D eigenvalue weighted by Crippen LogP contribution is -2.52. The van der Waals surface area contributed by atoms with Crippen LogP contribution in [0.4, 0.5) is 0 Å². The molecule has 1 heterocycles. The van der Waals surface area contributed by atoms with Gasteiger partial charge in [-0.15, -0.1) is 0 Å². The van der Waals surface area contributed by atoms with Crippen LogP contribution in [-0.2, 0) is 0 Å². The molecular weight excluding hydrogens is 192 g/mol. The van der Waals surface area contributed by atoms with Crippen molar-refractivity contribution < 1.29 is 0 Å². The van der Waals surface area contributed by atoms with Crippen LogP contribution in [0.3, 0.4) is 0 Å². The van der Waals surface area contributed by atoms with E-state index in [1.807, 2.05) is 0 Å². The zero-order valence-electron chi connectivity index (χ0n) is 9.25. The molecule has 3 N–H and O–H groups in total. The summed E-state index contributed by atoms with van der Waals surface area (Å²) in [4.78, 5) is 0. The van der Waals surface area contributed by atoms with Gasteiger partial charge >= 0.3 is 0 Å². The average molecular weight is 214 g/mol. The van der Waals surface area contributed by atoms with Crippen LogP contribution in [-0.4, -0.2) is 29.6 Å². The van der Waals surface area contributed by atoms with E-state index < -0.39 is 0 Å². The maximum atomic E-state index is 5.90. The van der Waals surface area contributed by atoms with Crippen molar-refractivity contribution in [2.24, 2.45) is 17.6 Å². The Bertz CT molecular complexity index is 209. The lowest BCUT2D eigenvalue weighted by molar-refractivity contribution is 0.352. The largest absolute Gasteiger partial charge is 0.329 e. The van der Waals surface area contributed by atoms with E-state index in [-0.39, 0.29) is 5.54 Å². The molecule has 0 bridgehead atoms. The first-order valence-corrected chi connectivity index (χ1v) is 6.77. The van der Waals surface area contributed by atoms with Crippen LogP contribution in [0.25, 0.3) is 0 Å². The maximum Gasteiger partial charge on any atom is 0.0405 e. The second-order valence-electron chi connectivity index (χ2n) is 5.16. The molecule has 0 aromatic rings. The SMILES string of the molecule is CC1CC(CN)(NCC2CC2C)CS1. The van der Waals surface area contributed by atoms with Crippen molar-refractivity contribution >= 4 is 11.8 Å². The summed E-state index contributed by atoms with van der Waals surface area (Å²) in [5.74, 6) is 3.08. The molecule has 1 saturated heterocycles. The zero-order chi connectivity index (χ0) is 10.2. The Morgan fingerprint density at radius 2 is 2.21 bits per heavy atom. The molecule has 2 aliphatic rings. The van der Waals surface area contributed by atoms with Gasteiger partial charge in [-0.1, -0.05) is 13.8 Å². The highest BCUT2D eigenvalue weighted by atomic mass is 32.2. The highest BCUT2D eigenvalue weighted by Crippen LogP contribution is 2.39. The third-order valence-corrected chi connectivity index (χ3v) is 5.18. The van der Waals surface area contributed by atoms with Crippen LogP contribution < -0.4 is 11.1 Å². The number of rotatable bonds is 4. The van der Waals surface area contributed by atoms with Crippen molar-refractivity contribution in [3.63, 3.8) is 0 Å². The van der Waals surface area contributed by atoms with Crippen molar-refractivity contribution in [1.82, 2.24) is 5.32 Å². The smallest absolute Gasteiger partial charge is 0.0405 e. The third-order valence-electron chi connectivity index (χ3n) is 3.73. The number of nitrogens with two attached hydrogens (primary N) is 1. The zero-order valence-corrected chi connectivity index (χ0v) is 10.1. The Kier molecular flexibility index (Phi) is 3.10. The van der Waals surface area contributed by atoms with Gasteiger partial charge in [0.25, 0.3) is 0 Å². The Labute approximate surface area is 91.4 Å². The molecule has 1 saturated carbocycles. The molecule has 1 aliphatic heterocycles. The molecule has 1 aliphatic carbocycles. The minimum atomic E-state index is 0.256. The van der Waals surface area contributed by atoms with E-state index in [4.69, 9.17) is 5.73 Å². The molecule has 2 fully saturated rings. The lowest BCUT2D eigenvalue weighted by Gasteiger charge is -2.28. The monoisotopic (exact) mass is 214 g/mol. The van der Waals surface area contributed by atoms with Gasteiger partial charge in [0.1, 0.15) is 0 Å². The van der Waals surface area contributed by atoms with Crippen molar-refractivity contribution in [3.05, 3.63) is 0 Å². The van der Waals surface area contributed by atoms with E-state index >= 15 is 0 Å². The predicted molar refractivity (Wildman–Crippen MR) is 63.6 cm³/mol. The van der Waals surface area contributed by atoms with Gasteiger partial charge in [-0.2, -0.15) is 11.8 Å². The van der Waals surface area contributed by atoms with Crippen molar-refractivity contribution in [2.75, 3.05) is 18.8 Å². The standard InChI is InChI=1S/C11H22N2S/c1-8-3-10(8)5-13-11(6-12)4-9(2)14-7-11/h8-10,13H,3-7,12H2,1-2H3. The quantitative estimate of drug-likeness (QED) is 0.744. The van der Waals surface area contributed by atoms with Gasteiger partial charge in [-0.05, 0) is 31.2 Å². The molecule has 0 aromatic heterocycles. The summed E-state index contributed by atoms with van der Waals surface area (Å²) in [6.45, 7) is 6.63. The van der Waals surface area contributed by atoms with Crippen LogP contribution in [0.1, 0.15) is 26.7 Å². The molecule has 0 amide bonds. The van der Waals surface area contributed by atoms with E-state index in [1.54, 1.807) is 0 Å². The highest BCUT2D eigenvalue weighted by Gasteiger charge is 2.39. The van der Waals surface area contributed by atoms with Gasteiger partial charge in [-0.3, -0.25) is 0 Å². The lowest BCUT2D eigenvalue weighted by atomic mass is 9.96. The number of nitrogens with one attached hydrogen (secondary N) is 1. The topological polar surface area (TPSA) is 38.0 Å². The summed E-state index contributed by atoms with van der Waals surface area (Å²) in [7, 11) is 0. The molecule has 0 aromatic carbocycles. The number of hydrogen-bond acceptors (Lipinski definition) is 3. The highest BCUT2D eigenvalue weighted by molar-refractivity contribution is 8.00. The molecule has 4 atom stereocenters. The van der Waals surface area contributed by atoms with Crippen LogP contribution >= 0.6 is 11.8 Å².